The Morgan fingerprint density at radius 3 is 2.88 bits per heavy atom. The minimum Gasteiger partial charge on any atom is -0.356 e. The molecule has 1 fully saturated rings. The van der Waals surface area contributed by atoms with Crippen LogP contribution in [0.3, 0.4) is 0 Å². The van der Waals surface area contributed by atoms with Gasteiger partial charge in [-0.2, -0.15) is 0 Å². The Hall–Kier alpha value is -0.850. The first-order valence-corrected chi connectivity index (χ1v) is 7.35. The monoisotopic (exact) mass is 257 g/mol. The summed E-state index contributed by atoms with van der Waals surface area (Å²) in [6.45, 7) is 0.544. The van der Waals surface area contributed by atoms with Crippen LogP contribution in [0.4, 0.5) is 0 Å². The number of nitrogens with one attached hydrogen (secondary N) is 1. The molecule has 1 aromatic heterocycles. The lowest BCUT2D eigenvalue weighted by atomic mass is 10.1. The molecule has 0 saturated heterocycles. The van der Waals surface area contributed by atoms with E-state index in [4.69, 9.17) is 5.73 Å². The van der Waals surface area contributed by atoms with Crippen LogP contribution in [0.25, 0.3) is 0 Å². The van der Waals surface area contributed by atoms with Crippen molar-refractivity contribution in [3.63, 3.8) is 0 Å². The van der Waals surface area contributed by atoms with Crippen molar-refractivity contribution in [3.8, 4) is 0 Å². The van der Waals surface area contributed by atoms with Gasteiger partial charge in [0.05, 0.1) is 4.90 Å². The van der Waals surface area contributed by atoms with Crippen molar-refractivity contribution in [2.75, 3.05) is 6.54 Å². The topological polar surface area (TPSA) is 77.1 Å². The largest absolute Gasteiger partial charge is 0.356 e. The number of nitrogens with zero attached hydrogens (tertiary/aromatic N) is 1. The second-order valence-electron chi connectivity index (χ2n) is 4.67. The quantitative estimate of drug-likeness (QED) is 0.821. The van der Waals surface area contributed by atoms with Gasteiger partial charge in [0, 0.05) is 25.5 Å². The Labute approximate surface area is 102 Å². The van der Waals surface area contributed by atoms with Gasteiger partial charge in [0.25, 0.3) is 0 Å². The molecule has 1 heterocycles. The number of aromatic nitrogens is 1. The molecule has 17 heavy (non-hydrogen) atoms. The number of aryl methyl sites for hydroxylation is 1. The minimum atomic E-state index is -3.39. The Bertz CT molecular complexity index is 481. The number of sulfonamides is 1. The first-order valence-electron chi connectivity index (χ1n) is 5.87. The lowest BCUT2D eigenvalue weighted by Crippen LogP contribution is -2.39. The SMILES string of the molecule is Cn1ccc(S(=O)(=O)NC2CCCC2CN)c1. The van der Waals surface area contributed by atoms with E-state index in [1.54, 1.807) is 30.1 Å². The third-order valence-corrected chi connectivity index (χ3v) is 4.86. The standard InChI is InChI=1S/C11H19N3O2S/c1-14-6-5-10(8-14)17(15,16)13-11-4-2-3-9(11)7-12/h5-6,8-9,11,13H,2-4,7,12H2,1H3. The number of hydrogen-bond donors (Lipinski definition) is 2. The molecular formula is C11H19N3O2S. The van der Waals surface area contributed by atoms with E-state index < -0.39 is 10.0 Å². The van der Waals surface area contributed by atoms with Crippen molar-refractivity contribution in [1.29, 1.82) is 0 Å². The van der Waals surface area contributed by atoms with Crippen molar-refractivity contribution in [3.05, 3.63) is 18.5 Å². The van der Waals surface area contributed by atoms with Crippen molar-refractivity contribution in [2.24, 2.45) is 18.7 Å². The van der Waals surface area contributed by atoms with Crippen molar-refractivity contribution >= 4 is 10.0 Å². The molecule has 2 unspecified atom stereocenters. The first kappa shape index (κ1) is 12.6. The summed E-state index contributed by atoms with van der Waals surface area (Å²) < 4.78 is 28.7. The normalized spacial score (nSPS) is 25.3. The Kier molecular flexibility index (Phi) is 3.56. The fraction of sp³-hybridized carbons (Fsp3) is 0.636. The molecule has 0 aliphatic heterocycles. The fourth-order valence-corrected chi connectivity index (χ4v) is 3.77. The van der Waals surface area contributed by atoms with Gasteiger partial charge < -0.3 is 10.3 Å². The van der Waals surface area contributed by atoms with Crippen LogP contribution in [0.5, 0.6) is 0 Å². The molecule has 1 aliphatic rings. The van der Waals surface area contributed by atoms with E-state index in [1.807, 2.05) is 0 Å². The van der Waals surface area contributed by atoms with Gasteiger partial charge >= 0.3 is 0 Å². The van der Waals surface area contributed by atoms with Crippen LogP contribution in [0.1, 0.15) is 19.3 Å². The molecule has 0 spiro atoms. The zero-order chi connectivity index (χ0) is 12.5. The Morgan fingerprint density at radius 1 is 1.53 bits per heavy atom. The van der Waals surface area contributed by atoms with Crippen LogP contribution in [-0.4, -0.2) is 25.6 Å². The van der Waals surface area contributed by atoms with Gasteiger partial charge in [0.2, 0.25) is 10.0 Å². The lowest BCUT2D eigenvalue weighted by Gasteiger charge is -2.18. The Morgan fingerprint density at radius 2 is 2.29 bits per heavy atom. The van der Waals surface area contributed by atoms with Crippen LogP contribution in [-0.2, 0) is 17.1 Å². The third kappa shape index (κ3) is 2.70. The average molecular weight is 257 g/mol. The van der Waals surface area contributed by atoms with E-state index in [0.717, 1.165) is 19.3 Å². The molecular weight excluding hydrogens is 238 g/mol. The van der Waals surface area contributed by atoms with Crippen LogP contribution in [0.2, 0.25) is 0 Å². The summed E-state index contributed by atoms with van der Waals surface area (Å²) in [5.41, 5.74) is 5.65. The number of nitrogens with two attached hydrogens (primary N) is 1. The maximum Gasteiger partial charge on any atom is 0.242 e. The van der Waals surface area contributed by atoms with Crippen molar-refractivity contribution < 1.29 is 8.42 Å². The molecule has 1 aromatic rings. The smallest absolute Gasteiger partial charge is 0.242 e. The van der Waals surface area contributed by atoms with Gasteiger partial charge in [-0.15, -0.1) is 0 Å². The predicted octanol–water partition coefficient (Wildman–Crippen LogP) is 0.431. The molecule has 1 saturated carbocycles. The van der Waals surface area contributed by atoms with Crippen molar-refractivity contribution in [1.82, 2.24) is 9.29 Å². The molecule has 0 bridgehead atoms. The van der Waals surface area contributed by atoms with Gasteiger partial charge in [-0.25, -0.2) is 13.1 Å². The van der Waals surface area contributed by atoms with E-state index in [0.29, 0.717) is 11.4 Å². The van der Waals surface area contributed by atoms with Gasteiger partial charge in [-0.1, -0.05) is 6.42 Å². The van der Waals surface area contributed by atoms with E-state index in [9.17, 15) is 8.42 Å². The molecule has 2 rings (SSSR count). The number of rotatable bonds is 4. The Balaban J connectivity index is 2.12. The fourth-order valence-electron chi connectivity index (χ4n) is 2.38. The van der Waals surface area contributed by atoms with Crippen LogP contribution in [0.15, 0.2) is 23.4 Å². The van der Waals surface area contributed by atoms with Crippen molar-refractivity contribution in [2.45, 2.75) is 30.2 Å². The zero-order valence-electron chi connectivity index (χ0n) is 9.96. The zero-order valence-corrected chi connectivity index (χ0v) is 10.8. The highest BCUT2D eigenvalue weighted by atomic mass is 32.2. The highest BCUT2D eigenvalue weighted by Gasteiger charge is 2.30. The van der Waals surface area contributed by atoms with E-state index >= 15 is 0 Å². The van der Waals surface area contributed by atoms with E-state index in [-0.39, 0.29) is 12.0 Å². The van der Waals surface area contributed by atoms with Gasteiger partial charge in [0.1, 0.15) is 0 Å². The number of hydrogen-bond acceptors (Lipinski definition) is 3. The maximum absolute atomic E-state index is 12.1. The molecule has 2 atom stereocenters. The first-order chi connectivity index (χ1) is 8.03. The summed E-state index contributed by atoms with van der Waals surface area (Å²) in [5, 5.41) is 0. The van der Waals surface area contributed by atoms with Gasteiger partial charge in [-0.05, 0) is 31.4 Å². The molecule has 0 aromatic carbocycles. The van der Waals surface area contributed by atoms with Crippen LogP contribution in [0, 0.1) is 5.92 Å². The molecule has 5 nitrogen and oxygen atoms in total. The molecule has 6 heteroatoms. The third-order valence-electron chi connectivity index (χ3n) is 3.38. The van der Waals surface area contributed by atoms with Gasteiger partial charge in [0.15, 0.2) is 0 Å². The molecule has 0 amide bonds. The molecule has 96 valence electrons. The predicted molar refractivity (Wildman–Crippen MR) is 65.9 cm³/mol. The summed E-state index contributed by atoms with van der Waals surface area (Å²) in [4.78, 5) is 0.322. The second-order valence-corrected chi connectivity index (χ2v) is 6.38. The molecule has 1 aliphatic carbocycles. The van der Waals surface area contributed by atoms with Crippen LogP contribution < -0.4 is 10.5 Å². The lowest BCUT2D eigenvalue weighted by molar-refractivity contribution is 0.453. The van der Waals surface area contributed by atoms with E-state index in [1.165, 1.54) is 0 Å². The maximum atomic E-state index is 12.1. The summed E-state index contributed by atoms with van der Waals surface area (Å²) in [7, 11) is -1.59. The summed E-state index contributed by atoms with van der Waals surface area (Å²) in [6.07, 6.45) is 6.27. The average Bonchev–Trinajstić information content (AvgIpc) is 2.86. The second kappa shape index (κ2) is 4.80. The highest BCUT2D eigenvalue weighted by Crippen LogP contribution is 2.26. The van der Waals surface area contributed by atoms with E-state index in [2.05, 4.69) is 4.72 Å². The van der Waals surface area contributed by atoms with Gasteiger partial charge in [-0.3, -0.25) is 0 Å². The summed E-state index contributed by atoms with van der Waals surface area (Å²) in [5.74, 6) is 0.272. The summed E-state index contributed by atoms with van der Waals surface area (Å²) in [6, 6.07) is 1.60. The molecule has 0 radical (unpaired) electrons. The highest BCUT2D eigenvalue weighted by molar-refractivity contribution is 7.89. The molecule has 3 N–H and O–H groups in total. The minimum absolute atomic E-state index is 0.00907. The summed E-state index contributed by atoms with van der Waals surface area (Å²) >= 11 is 0. The van der Waals surface area contributed by atoms with Crippen LogP contribution >= 0.6 is 0 Å².